The zero-order valence-corrected chi connectivity index (χ0v) is 21.8. The Balaban J connectivity index is 1.44. The van der Waals surface area contributed by atoms with Gasteiger partial charge >= 0.3 is 0 Å². The highest BCUT2D eigenvalue weighted by atomic mass is 16.5. The van der Waals surface area contributed by atoms with Gasteiger partial charge in [0.15, 0.2) is 0 Å². The van der Waals surface area contributed by atoms with Crippen LogP contribution in [-0.4, -0.2) is 50.3 Å². The molecule has 4 rings (SSSR count). The van der Waals surface area contributed by atoms with E-state index in [1.54, 1.807) is 0 Å². The third kappa shape index (κ3) is 5.84. The average Bonchev–Trinajstić information content (AvgIpc) is 2.85. The molecule has 2 aliphatic heterocycles. The summed E-state index contributed by atoms with van der Waals surface area (Å²) >= 11 is 0. The number of piperidine rings is 1. The van der Waals surface area contributed by atoms with Gasteiger partial charge < -0.3 is 19.7 Å². The summed E-state index contributed by atoms with van der Waals surface area (Å²) in [5, 5.41) is 3.35. The Hall–Kier alpha value is -1.88. The van der Waals surface area contributed by atoms with Gasteiger partial charge in [0.25, 0.3) is 0 Å². The van der Waals surface area contributed by atoms with Crippen LogP contribution in [0, 0.1) is 12.8 Å². The third-order valence-electron chi connectivity index (χ3n) is 7.73. The first-order valence-electron chi connectivity index (χ1n) is 13.4. The molecule has 0 amide bonds. The molecule has 1 N–H and O–H groups in total. The SMILES string of the molecule is CCC(CN1CCC(C2Cc3c(ccc(C)c3OC(C)C)C(CNC)O2)CC1)c1ccccc1. The van der Waals surface area contributed by atoms with Crippen molar-refractivity contribution in [1.82, 2.24) is 10.2 Å². The van der Waals surface area contributed by atoms with E-state index < -0.39 is 0 Å². The number of benzene rings is 2. The van der Waals surface area contributed by atoms with Gasteiger partial charge in [-0.25, -0.2) is 0 Å². The van der Waals surface area contributed by atoms with Gasteiger partial charge in [-0.05, 0) is 88.7 Å². The summed E-state index contributed by atoms with van der Waals surface area (Å²) < 4.78 is 13.1. The van der Waals surface area contributed by atoms with Crippen molar-refractivity contribution in [2.75, 3.05) is 33.2 Å². The van der Waals surface area contributed by atoms with Crippen LogP contribution in [0.25, 0.3) is 0 Å². The quantitative estimate of drug-likeness (QED) is 0.502. The molecule has 0 saturated carbocycles. The molecule has 1 saturated heterocycles. The first-order valence-corrected chi connectivity index (χ1v) is 13.4. The highest BCUT2D eigenvalue weighted by molar-refractivity contribution is 5.48. The molecule has 34 heavy (non-hydrogen) atoms. The summed E-state index contributed by atoms with van der Waals surface area (Å²) in [6.07, 6.45) is 5.11. The van der Waals surface area contributed by atoms with Crippen LogP contribution in [0.3, 0.4) is 0 Å². The topological polar surface area (TPSA) is 33.7 Å². The molecule has 3 unspecified atom stereocenters. The highest BCUT2D eigenvalue weighted by Crippen LogP contribution is 2.41. The summed E-state index contributed by atoms with van der Waals surface area (Å²) in [7, 11) is 2.02. The predicted octanol–water partition coefficient (Wildman–Crippen LogP) is 5.89. The van der Waals surface area contributed by atoms with Crippen LogP contribution in [0.2, 0.25) is 0 Å². The fourth-order valence-corrected chi connectivity index (χ4v) is 5.84. The number of likely N-dealkylation sites (tertiary alicyclic amines) is 1. The zero-order chi connectivity index (χ0) is 24.1. The Bertz CT molecular complexity index is 906. The molecule has 0 bridgehead atoms. The van der Waals surface area contributed by atoms with E-state index in [0.29, 0.717) is 11.8 Å². The molecule has 2 aromatic carbocycles. The lowest BCUT2D eigenvalue weighted by atomic mass is 9.82. The van der Waals surface area contributed by atoms with Crippen molar-refractivity contribution in [3.8, 4) is 5.75 Å². The van der Waals surface area contributed by atoms with Crippen LogP contribution >= 0.6 is 0 Å². The fraction of sp³-hybridized carbons (Fsp3) is 0.600. The lowest BCUT2D eigenvalue weighted by molar-refractivity contribution is -0.0674. The van der Waals surface area contributed by atoms with E-state index in [9.17, 15) is 0 Å². The van der Waals surface area contributed by atoms with Crippen molar-refractivity contribution in [3.63, 3.8) is 0 Å². The molecule has 4 nitrogen and oxygen atoms in total. The van der Waals surface area contributed by atoms with Crippen molar-refractivity contribution in [1.29, 1.82) is 0 Å². The normalized spacial score (nSPS) is 22.5. The lowest BCUT2D eigenvalue weighted by Crippen LogP contribution is -2.43. The van der Waals surface area contributed by atoms with E-state index in [4.69, 9.17) is 9.47 Å². The second-order valence-corrected chi connectivity index (χ2v) is 10.5. The number of hydrogen-bond donors (Lipinski definition) is 1. The molecule has 2 aromatic rings. The van der Waals surface area contributed by atoms with Crippen LogP contribution in [0.1, 0.15) is 74.3 Å². The van der Waals surface area contributed by atoms with E-state index in [1.807, 2.05) is 7.05 Å². The number of rotatable bonds is 9. The molecular formula is C30H44N2O2. The maximum atomic E-state index is 6.76. The Kier molecular flexibility index (Phi) is 8.68. The van der Waals surface area contributed by atoms with Gasteiger partial charge in [-0.3, -0.25) is 0 Å². The summed E-state index contributed by atoms with van der Waals surface area (Å²) in [5.74, 6) is 2.32. The van der Waals surface area contributed by atoms with Crippen molar-refractivity contribution in [3.05, 3.63) is 64.7 Å². The monoisotopic (exact) mass is 464 g/mol. The van der Waals surface area contributed by atoms with Gasteiger partial charge in [-0.1, -0.05) is 49.4 Å². The zero-order valence-electron chi connectivity index (χ0n) is 21.8. The second-order valence-electron chi connectivity index (χ2n) is 10.5. The third-order valence-corrected chi connectivity index (χ3v) is 7.73. The molecule has 0 aromatic heterocycles. The molecule has 4 heteroatoms. The molecular weight excluding hydrogens is 420 g/mol. The van der Waals surface area contributed by atoms with Crippen molar-refractivity contribution in [2.45, 2.75) is 77.6 Å². The molecule has 2 aliphatic rings. The fourth-order valence-electron chi connectivity index (χ4n) is 5.84. The lowest BCUT2D eigenvalue weighted by Gasteiger charge is -2.41. The molecule has 0 spiro atoms. The number of nitrogens with zero attached hydrogens (tertiary/aromatic N) is 1. The minimum atomic E-state index is 0.0921. The first-order chi connectivity index (χ1) is 16.5. The first kappa shape index (κ1) is 25.2. The van der Waals surface area contributed by atoms with Crippen LogP contribution in [-0.2, 0) is 11.2 Å². The van der Waals surface area contributed by atoms with Crippen LogP contribution < -0.4 is 10.1 Å². The molecule has 0 radical (unpaired) electrons. The van der Waals surface area contributed by atoms with Gasteiger partial charge in [0.05, 0.1) is 18.3 Å². The maximum absolute atomic E-state index is 6.76. The van der Waals surface area contributed by atoms with Gasteiger partial charge in [-0.15, -0.1) is 0 Å². The van der Waals surface area contributed by atoms with Crippen molar-refractivity contribution < 1.29 is 9.47 Å². The maximum Gasteiger partial charge on any atom is 0.126 e. The minimum absolute atomic E-state index is 0.0921. The van der Waals surface area contributed by atoms with Gasteiger partial charge in [0.2, 0.25) is 0 Å². The van der Waals surface area contributed by atoms with Crippen molar-refractivity contribution >= 4 is 0 Å². The number of hydrogen-bond acceptors (Lipinski definition) is 4. The second kappa shape index (κ2) is 11.7. The Morgan fingerprint density at radius 3 is 2.47 bits per heavy atom. The smallest absolute Gasteiger partial charge is 0.126 e. The molecule has 3 atom stereocenters. The minimum Gasteiger partial charge on any atom is -0.490 e. The number of likely N-dealkylation sites (N-methyl/N-ethyl adjacent to an activating group) is 1. The standard InChI is InChI=1S/C30H44N2O2/c1-6-23(24-10-8-7-9-11-24)20-32-16-14-25(15-17-32)28-18-27-26(29(34-28)19-31-5)13-12-22(4)30(27)33-21(2)3/h7-13,21,23,25,28-29,31H,6,14-20H2,1-5H3. The Labute approximate surface area is 207 Å². The van der Waals surface area contributed by atoms with Crippen molar-refractivity contribution in [2.24, 2.45) is 5.92 Å². The summed E-state index contributed by atoms with van der Waals surface area (Å²) in [6.45, 7) is 13.1. The summed E-state index contributed by atoms with van der Waals surface area (Å²) in [6, 6.07) is 15.5. The number of nitrogens with one attached hydrogen (secondary N) is 1. The predicted molar refractivity (Wildman–Crippen MR) is 141 cm³/mol. The van der Waals surface area contributed by atoms with E-state index in [1.165, 1.54) is 54.6 Å². The molecule has 0 aliphatic carbocycles. The largest absolute Gasteiger partial charge is 0.490 e. The highest BCUT2D eigenvalue weighted by Gasteiger charge is 2.36. The summed E-state index contributed by atoms with van der Waals surface area (Å²) in [4.78, 5) is 2.68. The molecule has 1 fully saturated rings. The Morgan fingerprint density at radius 1 is 1.09 bits per heavy atom. The molecule has 186 valence electrons. The molecule has 2 heterocycles. The van der Waals surface area contributed by atoms with E-state index in [0.717, 1.165) is 25.3 Å². The number of fused-ring (bicyclic) bond motifs is 1. The number of ether oxygens (including phenoxy) is 2. The van der Waals surface area contributed by atoms with Gasteiger partial charge in [-0.2, -0.15) is 0 Å². The van der Waals surface area contributed by atoms with Gasteiger partial charge in [0, 0.05) is 25.1 Å². The van der Waals surface area contributed by atoms with E-state index >= 15 is 0 Å². The average molecular weight is 465 g/mol. The van der Waals surface area contributed by atoms with E-state index in [-0.39, 0.29) is 18.3 Å². The van der Waals surface area contributed by atoms with Crippen LogP contribution in [0.5, 0.6) is 5.75 Å². The van der Waals surface area contributed by atoms with E-state index in [2.05, 4.69) is 80.4 Å². The number of aryl methyl sites for hydroxylation is 1. The Morgan fingerprint density at radius 2 is 1.82 bits per heavy atom. The van der Waals surface area contributed by atoms with Crippen LogP contribution in [0.15, 0.2) is 42.5 Å². The summed E-state index contributed by atoms with van der Waals surface area (Å²) in [5.41, 5.74) is 5.39. The van der Waals surface area contributed by atoms with Gasteiger partial charge in [0.1, 0.15) is 5.75 Å². The van der Waals surface area contributed by atoms with Crippen LogP contribution in [0.4, 0.5) is 0 Å².